The van der Waals surface area contributed by atoms with E-state index in [1.807, 2.05) is 0 Å². The van der Waals surface area contributed by atoms with E-state index in [4.69, 9.17) is 10.5 Å². The second-order valence-corrected chi connectivity index (χ2v) is 8.78. The predicted molar refractivity (Wildman–Crippen MR) is 130 cm³/mol. The number of unbranched alkanes of at least 4 members (excludes halogenated alkanes) is 15. The Morgan fingerprint density at radius 3 is 1.61 bits per heavy atom. The molecule has 2 N–H and O–H groups in total. The number of amides is 1. The average Bonchev–Trinajstić information content (AvgIpc) is 2.78. The van der Waals surface area contributed by atoms with Crippen molar-refractivity contribution >= 4 is 11.9 Å². The number of methoxy groups -OCH3 is 1. The molecule has 0 fully saturated rings. The van der Waals surface area contributed by atoms with Gasteiger partial charge < -0.3 is 10.5 Å². The molecule has 1 rings (SSSR count). The molecule has 1 aromatic carbocycles. The number of rotatable bonds is 19. The smallest absolute Gasteiger partial charge is 0.337 e. The zero-order valence-electron chi connectivity index (χ0n) is 20.1. The molecular formula is C27H45NO3. The first-order valence-electron chi connectivity index (χ1n) is 12.6. The second kappa shape index (κ2) is 17.8. The normalized spacial score (nSPS) is 10.9. The highest BCUT2D eigenvalue weighted by Gasteiger charge is 2.12. The van der Waals surface area contributed by atoms with Crippen LogP contribution in [0.3, 0.4) is 0 Å². The standard InChI is InChI=1S/C27H45NO3/c1-3-4-5-6-7-8-9-10-11-12-13-14-15-16-17-18-19-23-22-24(27(30)31-2)20-21-25(23)26(28)29/h20-22H,3-19H2,1-2H3,(H2,28,29). The highest BCUT2D eigenvalue weighted by Crippen LogP contribution is 2.18. The zero-order valence-corrected chi connectivity index (χ0v) is 20.1. The number of hydrogen-bond donors (Lipinski definition) is 1. The van der Waals surface area contributed by atoms with Crippen LogP contribution in [0.15, 0.2) is 18.2 Å². The van der Waals surface area contributed by atoms with E-state index < -0.39 is 5.91 Å². The van der Waals surface area contributed by atoms with Gasteiger partial charge in [0.2, 0.25) is 5.91 Å². The van der Waals surface area contributed by atoms with Crippen LogP contribution in [0.5, 0.6) is 0 Å². The topological polar surface area (TPSA) is 69.4 Å². The largest absolute Gasteiger partial charge is 0.465 e. The third-order valence-electron chi connectivity index (χ3n) is 6.09. The van der Waals surface area contributed by atoms with E-state index in [0.29, 0.717) is 11.1 Å². The maximum Gasteiger partial charge on any atom is 0.337 e. The molecule has 1 aromatic rings. The monoisotopic (exact) mass is 431 g/mol. The number of aryl methyl sites for hydroxylation is 1. The number of carbonyl (C=O) groups is 2. The summed E-state index contributed by atoms with van der Waals surface area (Å²) >= 11 is 0. The fraction of sp³-hybridized carbons (Fsp3) is 0.704. The fourth-order valence-electron chi connectivity index (χ4n) is 4.15. The van der Waals surface area contributed by atoms with E-state index in [1.54, 1.807) is 18.2 Å². The van der Waals surface area contributed by atoms with Gasteiger partial charge in [-0.2, -0.15) is 0 Å². The number of ether oxygens (including phenoxy) is 1. The van der Waals surface area contributed by atoms with Gasteiger partial charge in [0, 0.05) is 5.56 Å². The lowest BCUT2D eigenvalue weighted by Crippen LogP contribution is -2.15. The molecule has 0 unspecified atom stereocenters. The van der Waals surface area contributed by atoms with Crippen LogP contribution in [0.4, 0.5) is 0 Å². The number of hydrogen-bond acceptors (Lipinski definition) is 3. The summed E-state index contributed by atoms with van der Waals surface area (Å²) in [5.41, 5.74) is 7.31. The van der Waals surface area contributed by atoms with Crippen molar-refractivity contribution in [1.29, 1.82) is 0 Å². The van der Waals surface area contributed by atoms with Gasteiger partial charge in [-0.25, -0.2) is 4.79 Å². The summed E-state index contributed by atoms with van der Waals surface area (Å²) in [6.45, 7) is 2.27. The van der Waals surface area contributed by atoms with Crippen molar-refractivity contribution in [1.82, 2.24) is 0 Å². The van der Waals surface area contributed by atoms with Gasteiger partial charge in [0.15, 0.2) is 0 Å². The van der Waals surface area contributed by atoms with Gasteiger partial charge in [-0.05, 0) is 36.6 Å². The Balaban J connectivity index is 2.06. The molecule has 0 aliphatic heterocycles. The summed E-state index contributed by atoms with van der Waals surface area (Å²) in [5, 5.41) is 0. The van der Waals surface area contributed by atoms with E-state index in [1.165, 1.54) is 97.0 Å². The number of carbonyl (C=O) groups excluding carboxylic acids is 2. The third-order valence-corrected chi connectivity index (χ3v) is 6.09. The minimum absolute atomic E-state index is 0.385. The molecule has 0 radical (unpaired) electrons. The number of benzene rings is 1. The van der Waals surface area contributed by atoms with E-state index in [-0.39, 0.29) is 5.97 Å². The van der Waals surface area contributed by atoms with Crippen molar-refractivity contribution in [3.8, 4) is 0 Å². The van der Waals surface area contributed by atoms with Crippen LogP contribution in [0, 0.1) is 0 Å². The SMILES string of the molecule is CCCCCCCCCCCCCCCCCCc1cc(C(=O)OC)ccc1C(N)=O. The molecule has 31 heavy (non-hydrogen) atoms. The molecule has 4 heteroatoms. The molecule has 4 nitrogen and oxygen atoms in total. The average molecular weight is 432 g/mol. The molecule has 0 aliphatic carbocycles. The van der Waals surface area contributed by atoms with Crippen LogP contribution in [-0.2, 0) is 11.2 Å². The van der Waals surface area contributed by atoms with Gasteiger partial charge in [-0.15, -0.1) is 0 Å². The Morgan fingerprint density at radius 2 is 1.19 bits per heavy atom. The van der Waals surface area contributed by atoms with Crippen LogP contribution in [0.25, 0.3) is 0 Å². The Labute approximate surface area is 190 Å². The second-order valence-electron chi connectivity index (χ2n) is 8.78. The van der Waals surface area contributed by atoms with Gasteiger partial charge >= 0.3 is 5.97 Å². The number of primary amides is 1. The van der Waals surface area contributed by atoms with Gasteiger partial charge in [-0.3, -0.25) is 4.79 Å². The molecule has 0 spiro atoms. The predicted octanol–water partition coefficient (Wildman–Crippen LogP) is 7.38. The summed E-state index contributed by atoms with van der Waals surface area (Å²) in [7, 11) is 1.36. The maximum absolute atomic E-state index is 11.7. The molecule has 0 heterocycles. The summed E-state index contributed by atoms with van der Waals surface area (Å²) in [6, 6.07) is 4.98. The van der Waals surface area contributed by atoms with E-state index in [0.717, 1.165) is 24.8 Å². The molecule has 0 atom stereocenters. The Hall–Kier alpha value is -1.84. The summed E-state index contributed by atoms with van der Waals surface area (Å²) in [4.78, 5) is 23.4. The van der Waals surface area contributed by atoms with Gasteiger partial charge in [0.1, 0.15) is 0 Å². The molecule has 0 aliphatic rings. The van der Waals surface area contributed by atoms with E-state index in [2.05, 4.69) is 6.92 Å². The van der Waals surface area contributed by atoms with Crippen molar-refractivity contribution in [2.75, 3.05) is 7.11 Å². The lowest BCUT2D eigenvalue weighted by Gasteiger charge is -2.09. The Kier molecular flexibility index (Phi) is 15.6. The highest BCUT2D eigenvalue weighted by atomic mass is 16.5. The quantitative estimate of drug-likeness (QED) is 0.183. The van der Waals surface area contributed by atoms with Crippen LogP contribution >= 0.6 is 0 Å². The summed E-state index contributed by atoms with van der Waals surface area (Å²) < 4.78 is 4.77. The van der Waals surface area contributed by atoms with Crippen LogP contribution in [0.1, 0.15) is 136 Å². The van der Waals surface area contributed by atoms with Crippen molar-refractivity contribution in [3.63, 3.8) is 0 Å². The molecule has 176 valence electrons. The summed E-state index contributed by atoms with van der Waals surface area (Å²) in [5.74, 6) is -0.827. The Bertz CT molecular complexity index is 627. The lowest BCUT2D eigenvalue weighted by molar-refractivity contribution is 0.0600. The number of nitrogens with two attached hydrogens (primary N) is 1. The van der Waals surface area contributed by atoms with Crippen molar-refractivity contribution in [3.05, 3.63) is 34.9 Å². The van der Waals surface area contributed by atoms with Crippen LogP contribution in [0.2, 0.25) is 0 Å². The minimum atomic E-state index is -0.442. The minimum Gasteiger partial charge on any atom is -0.465 e. The first-order chi connectivity index (χ1) is 15.1. The lowest BCUT2D eigenvalue weighted by atomic mass is 9.97. The fourth-order valence-corrected chi connectivity index (χ4v) is 4.15. The number of esters is 1. The van der Waals surface area contributed by atoms with Crippen LogP contribution < -0.4 is 5.73 Å². The molecular weight excluding hydrogens is 386 g/mol. The first kappa shape index (κ1) is 27.2. The zero-order chi connectivity index (χ0) is 22.7. The molecule has 0 aromatic heterocycles. The molecule has 0 saturated carbocycles. The van der Waals surface area contributed by atoms with Crippen molar-refractivity contribution in [2.45, 2.75) is 116 Å². The third kappa shape index (κ3) is 12.6. The molecule has 0 saturated heterocycles. The van der Waals surface area contributed by atoms with Crippen molar-refractivity contribution in [2.24, 2.45) is 5.73 Å². The van der Waals surface area contributed by atoms with Gasteiger partial charge in [0.05, 0.1) is 12.7 Å². The van der Waals surface area contributed by atoms with Crippen LogP contribution in [-0.4, -0.2) is 19.0 Å². The first-order valence-corrected chi connectivity index (χ1v) is 12.6. The summed E-state index contributed by atoms with van der Waals surface area (Å²) in [6.07, 6.45) is 22.1. The van der Waals surface area contributed by atoms with Gasteiger partial charge in [-0.1, -0.05) is 103 Å². The molecule has 1 amide bonds. The maximum atomic E-state index is 11.7. The van der Waals surface area contributed by atoms with E-state index >= 15 is 0 Å². The highest BCUT2D eigenvalue weighted by molar-refractivity contribution is 5.96. The Morgan fingerprint density at radius 1 is 0.742 bits per heavy atom. The van der Waals surface area contributed by atoms with Crippen molar-refractivity contribution < 1.29 is 14.3 Å². The van der Waals surface area contributed by atoms with Gasteiger partial charge in [0.25, 0.3) is 0 Å². The van der Waals surface area contributed by atoms with E-state index in [9.17, 15) is 9.59 Å². The molecule has 0 bridgehead atoms.